The van der Waals surface area contributed by atoms with Crippen LogP contribution in [0.25, 0.3) is 0 Å². The van der Waals surface area contributed by atoms with Gasteiger partial charge in [-0.2, -0.15) is 5.26 Å². The number of fused-ring (bicyclic) bond motifs is 2. The summed E-state index contributed by atoms with van der Waals surface area (Å²) in [5.41, 5.74) is 1.19. The number of nitriles is 1. The van der Waals surface area contributed by atoms with Crippen molar-refractivity contribution in [3.8, 4) is 6.07 Å². The largest absolute Gasteiger partial charge is 0.294 e. The second-order valence-electron chi connectivity index (χ2n) is 7.85. The van der Waals surface area contributed by atoms with Crippen LogP contribution in [0.1, 0.15) is 53.6 Å². The van der Waals surface area contributed by atoms with Crippen LogP contribution >= 0.6 is 0 Å². The van der Waals surface area contributed by atoms with E-state index in [1.165, 1.54) is 5.56 Å². The summed E-state index contributed by atoms with van der Waals surface area (Å²) in [6.07, 6.45) is 4.63. The lowest BCUT2D eigenvalue weighted by molar-refractivity contribution is 0.00904. The Bertz CT molecular complexity index is 908. The van der Waals surface area contributed by atoms with Gasteiger partial charge in [-0.05, 0) is 43.4 Å². The van der Waals surface area contributed by atoms with E-state index < -0.39 is 11.6 Å². The molecule has 0 aliphatic carbocycles. The van der Waals surface area contributed by atoms with Crippen molar-refractivity contribution < 1.29 is 13.6 Å². The van der Waals surface area contributed by atoms with Crippen LogP contribution in [0.4, 0.5) is 8.78 Å². The van der Waals surface area contributed by atoms with E-state index in [9.17, 15) is 18.8 Å². The molecular weight excluding hydrogens is 358 g/mol. The maximum Gasteiger partial charge on any atom is 0.167 e. The van der Waals surface area contributed by atoms with E-state index in [1.54, 1.807) is 0 Å². The standard InChI is InChI=1S/C23H22F2N2O/c24-21-11-17(13-26)20(12-22(21)25)23(28)16-9-18-7-4-8-19(10-16)27(18)14-15-5-2-1-3-6-15/h1-3,5-6,11-12,16,18-19H,4,7-10,14H2. The van der Waals surface area contributed by atoms with E-state index in [2.05, 4.69) is 17.0 Å². The van der Waals surface area contributed by atoms with Crippen molar-refractivity contribution in [2.75, 3.05) is 0 Å². The fraction of sp³-hybridized carbons (Fsp3) is 0.391. The molecule has 0 radical (unpaired) electrons. The Morgan fingerprint density at radius 1 is 1.07 bits per heavy atom. The molecule has 0 amide bonds. The van der Waals surface area contributed by atoms with Crippen LogP contribution in [0.2, 0.25) is 0 Å². The van der Waals surface area contributed by atoms with E-state index in [0.717, 1.165) is 37.9 Å². The fourth-order valence-electron chi connectivity index (χ4n) is 4.81. The van der Waals surface area contributed by atoms with E-state index in [-0.39, 0.29) is 22.8 Å². The fourth-order valence-corrected chi connectivity index (χ4v) is 4.81. The Kier molecular flexibility index (Phi) is 5.23. The quantitative estimate of drug-likeness (QED) is 0.712. The Morgan fingerprint density at radius 3 is 2.36 bits per heavy atom. The van der Waals surface area contributed by atoms with Crippen LogP contribution in [0, 0.1) is 28.9 Å². The summed E-state index contributed by atoms with van der Waals surface area (Å²) in [6.45, 7) is 0.867. The smallest absolute Gasteiger partial charge is 0.167 e. The number of hydrogen-bond donors (Lipinski definition) is 0. The van der Waals surface area contributed by atoms with Crippen molar-refractivity contribution >= 4 is 5.78 Å². The molecule has 2 fully saturated rings. The SMILES string of the molecule is N#Cc1cc(F)c(F)cc1C(=O)C1CC2CCCC(C1)N2Cc1ccccc1. The number of hydrogen-bond acceptors (Lipinski definition) is 3. The predicted molar refractivity (Wildman–Crippen MR) is 102 cm³/mol. The molecule has 144 valence electrons. The minimum atomic E-state index is -1.09. The first-order chi connectivity index (χ1) is 13.6. The van der Waals surface area contributed by atoms with Gasteiger partial charge in [0.2, 0.25) is 0 Å². The summed E-state index contributed by atoms with van der Waals surface area (Å²) in [7, 11) is 0. The summed E-state index contributed by atoms with van der Waals surface area (Å²) in [6, 6.07) is 14.5. The topological polar surface area (TPSA) is 44.1 Å². The highest BCUT2D eigenvalue weighted by molar-refractivity contribution is 6.00. The van der Waals surface area contributed by atoms with Gasteiger partial charge in [-0.1, -0.05) is 36.8 Å². The molecule has 2 heterocycles. The molecule has 0 aromatic heterocycles. The van der Waals surface area contributed by atoms with Crippen LogP contribution in [-0.4, -0.2) is 22.8 Å². The molecule has 2 saturated heterocycles. The van der Waals surface area contributed by atoms with Crippen molar-refractivity contribution in [1.82, 2.24) is 4.90 Å². The molecule has 2 aliphatic heterocycles. The van der Waals surface area contributed by atoms with Crippen molar-refractivity contribution in [1.29, 1.82) is 5.26 Å². The van der Waals surface area contributed by atoms with Gasteiger partial charge in [0.15, 0.2) is 17.4 Å². The number of halogens is 2. The average Bonchev–Trinajstić information content (AvgIpc) is 2.69. The molecule has 0 saturated carbocycles. The van der Waals surface area contributed by atoms with Gasteiger partial charge in [0.25, 0.3) is 0 Å². The third-order valence-corrected chi connectivity index (χ3v) is 6.15. The third-order valence-electron chi connectivity index (χ3n) is 6.15. The summed E-state index contributed by atoms with van der Waals surface area (Å²) >= 11 is 0. The van der Waals surface area contributed by atoms with E-state index >= 15 is 0 Å². The molecule has 2 aliphatic rings. The maximum atomic E-state index is 13.7. The zero-order valence-corrected chi connectivity index (χ0v) is 15.6. The zero-order chi connectivity index (χ0) is 19.7. The number of ketones is 1. The van der Waals surface area contributed by atoms with Gasteiger partial charge >= 0.3 is 0 Å². The lowest BCUT2D eigenvalue weighted by atomic mass is 9.75. The Hall–Kier alpha value is -2.58. The molecule has 2 bridgehead atoms. The lowest BCUT2D eigenvalue weighted by Crippen LogP contribution is -2.52. The predicted octanol–water partition coefficient (Wildman–Crippen LogP) is 4.85. The first kappa shape index (κ1) is 18.8. The van der Waals surface area contributed by atoms with Crippen molar-refractivity contribution in [3.05, 3.63) is 70.8 Å². The van der Waals surface area contributed by atoms with Crippen molar-refractivity contribution in [2.24, 2.45) is 5.92 Å². The van der Waals surface area contributed by atoms with E-state index in [4.69, 9.17) is 0 Å². The monoisotopic (exact) mass is 380 g/mol. The van der Waals surface area contributed by atoms with Crippen molar-refractivity contribution in [3.63, 3.8) is 0 Å². The first-order valence-electron chi connectivity index (χ1n) is 9.80. The van der Waals surface area contributed by atoms with Gasteiger partial charge in [0, 0.05) is 30.1 Å². The van der Waals surface area contributed by atoms with Gasteiger partial charge in [-0.3, -0.25) is 9.69 Å². The molecule has 3 nitrogen and oxygen atoms in total. The Labute approximate surface area is 163 Å². The van der Waals surface area contributed by atoms with E-state index in [1.807, 2.05) is 24.3 Å². The van der Waals surface area contributed by atoms with Gasteiger partial charge in [0.1, 0.15) is 0 Å². The number of piperidine rings is 2. The van der Waals surface area contributed by atoms with Gasteiger partial charge in [-0.15, -0.1) is 0 Å². The normalized spacial score (nSPS) is 24.5. The molecule has 2 unspecified atom stereocenters. The van der Waals surface area contributed by atoms with Gasteiger partial charge < -0.3 is 0 Å². The molecule has 2 aromatic rings. The third kappa shape index (κ3) is 3.57. The summed E-state index contributed by atoms with van der Waals surface area (Å²) in [5.74, 6) is -2.65. The van der Waals surface area contributed by atoms with Crippen LogP contribution in [0.15, 0.2) is 42.5 Å². The first-order valence-corrected chi connectivity index (χ1v) is 9.80. The number of rotatable bonds is 4. The molecule has 2 aromatic carbocycles. The highest BCUT2D eigenvalue weighted by Crippen LogP contribution is 2.39. The molecule has 0 N–H and O–H groups in total. The number of Topliss-reactive ketones (excluding diaryl/α,β-unsaturated/α-hetero) is 1. The molecular formula is C23H22F2N2O. The summed E-state index contributed by atoms with van der Waals surface area (Å²) < 4.78 is 27.2. The highest BCUT2D eigenvalue weighted by Gasteiger charge is 2.41. The molecule has 2 atom stereocenters. The number of carbonyl (C=O) groups is 1. The Morgan fingerprint density at radius 2 is 1.71 bits per heavy atom. The second-order valence-corrected chi connectivity index (χ2v) is 7.85. The highest BCUT2D eigenvalue weighted by atomic mass is 19.2. The number of nitrogens with zero attached hydrogens (tertiary/aromatic N) is 2. The van der Waals surface area contributed by atoms with Gasteiger partial charge in [-0.25, -0.2) is 8.78 Å². The summed E-state index contributed by atoms with van der Waals surface area (Å²) in [5, 5.41) is 9.25. The maximum absolute atomic E-state index is 13.7. The van der Waals surface area contributed by atoms with Crippen LogP contribution in [0.5, 0.6) is 0 Å². The molecule has 28 heavy (non-hydrogen) atoms. The zero-order valence-electron chi connectivity index (χ0n) is 15.6. The van der Waals surface area contributed by atoms with Gasteiger partial charge in [0.05, 0.1) is 11.6 Å². The number of carbonyl (C=O) groups excluding carboxylic acids is 1. The van der Waals surface area contributed by atoms with Crippen molar-refractivity contribution in [2.45, 2.75) is 50.7 Å². The summed E-state index contributed by atoms with van der Waals surface area (Å²) in [4.78, 5) is 15.6. The lowest BCUT2D eigenvalue weighted by Gasteiger charge is -2.48. The molecule has 4 rings (SSSR count). The minimum absolute atomic E-state index is 0.0148. The van der Waals surface area contributed by atoms with E-state index in [0.29, 0.717) is 24.9 Å². The van der Waals surface area contributed by atoms with Crippen LogP contribution in [0.3, 0.4) is 0 Å². The van der Waals surface area contributed by atoms with Crippen LogP contribution in [-0.2, 0) is 6.54 Å². The average molecular weight is 380 g/mol. The minimum Gasteiger partial charge on any atom is -0.294 e. The van der Waals surface area contributed by atoms with Crippen LogP contribution < -0.4 is 0 Å². The molecule has 0 spiro atoms. The number of benzene rings is 2. The molecule has 5 heteroatoms. The Balaban J connectivity index is 1.55. The second kappa shape index (κ2) is 7.81.